The van der Waals surface area contributed by atoms with Crippen LogP contribution in [-0.2, 0) is 0 Å². The molecule has 0 spiro atoms. The lowest BCUT2D eigenvalue weighted by molar-refractivity contribution is 0.178. The first-order valence-corrected chi connectivity index (χ1v) is 6.67. The number of hydrogen-bond donors (Lipinski definition) is 1. The first-order valence-electron chi connectivity index (χ1n) is 6.67. The van der Waals surface area contributed by atoms with E-state index in [1.165, 1.54) is 32.1 Å². The topological polar surface area (TPSA) is 29.5 Å². The van der Waals surface area contributed by atoms with Gasteiger partial charge < -0.3 is 9.84 Å². The van der Waals surface area contributed by atoms with Crippen LogP contribution in [0.2, 0.25) is 0 Å². The fourth-order valence-corrected chi connectivity index (χ4v) is 2.52. The minimum Gasteiger partial charge on any atom is -0.493 e. The highest BCUT2D eigenvalue weighted by molar-refractivity contribution is 5.34. The molecule has 0 amide bonds. The van der Waals surface area contributed by atoms with Gasteiger partial charge in [0.25, 0.3) is 0 Å². The minimum absolute atomic E-state index is 0.461. The van der Waals surface area contributed by atoms with Crippen molar-refractivity contribution >= 4 is 0 Å². The van der Waals surface area contributed by atoms with Crippen LogP contribution in [0.15, 0.2) is 24.3 Å². The molecule has 17 heavy (non-hydrogen) atoms. The Bertz CT molecular complexity index is 341. The van der Waals surface area contributed by atoms with Gasteiger partial charge in [0.05, 0.1) is 12.7 Å². The van der Waals surface area contributed by atoms with E-state index in [9.17, 15) is 5.11 Å². The van der Waals surface area contributed by atoms with E-state index in [1.54, 1.807) is 6.92 Å². The van der Waals surface area contributed by atoms with Crippen molar-refractivity contribution in [1.82, 2.24) is 0 Å². The van der Waals surface area contributed by atoms with Crippen LogP contribution < -0.4 is 4.74 Å². The number of hydrogen-bond acceptors (Lipinski definition) is 2. The Labute approximate surface area is 104 Å². The first-order chi connectivity index (χ1) is 8.27. The predicted octanol–water partition coefficient (Wildman–Crippen LogP) is 3.70. The summed E-state index contributed by atoms with van der Waals surface area (Å²) in [6, 6.07) is 7.78. The molecule has 0 radical (unpaired) electrons. The van der Waals surface area contributed by atoms with Crippen LogP contribution in [0.4, 0.5) is 0 Å². The smallest absolute Gasteiger partial charge is 0.125 e. The van der Waals surface area contributed by atoms with Crippen molar-refractivity contribution < 1.29 is 9.84 Å². The summed E-state index contributed by atoms with van der Waals surface area (Å²) in [5.41, 5.74) is 0.892. The monoisotopic (exact) mass is 234 g/mol. The lowest BCUT2D eigenvalue weighted by Crippen LogP contribution is -2.16. The fraction of sp³-hybridized carbons (Fsp3) is 0.600. The summed E-state index contributed by atoms with van der Waals surface area (Å²) in [5, 5.41) is 9.66. The third kappa shape index (κ3) is 3.47. The number of ether oxygens (including phenoxy) is 1. The zero-order valence-electron chi connectivity index (χ0n) is 10.6. The maximum absolute atomic E-state index is 9.66. The molecule has 1 fully saturated rings. The molecular formula is C15H22O2. The molecule has 2 rings (SSSR count). The van der Waals surface area contributed by atoms with E-state index in [0.29, 0.717) is 5.92 Å². The van der Waals surface area contributed by atoms with Crippen molar-refractivity contribution in [1.29, 1.82) is 0 Å². The second-order valence-corrected chi connectivity index (χ2v) is 5.03. The average Bonchev–Trinajstić information content (AvgIpc) is 2.38. The Morgan fingerprint density at radius 3 is 2.65 bits per heavy atom. The molecule has 0 heterocycles. The lowest BCUT2D eigenvalue weighted by atomic mass is 9.90. The van der Waals surface area contributed by atoms with Gasteiger partial charge in [-0.15, -0.1) is 0 Å². The number of benzene rings is 1. The quantitative estimate of drug-likeness (QED) is 0.860. The predicted molar refractivity (Wildman–Crippen MR) is 69.1 cm³/mol. The maximum Gasteiger partial charge on any atom is 0.125 e. The van der Waals surface area contributed by atoms with Gasteiger partial charge in [-0.2, -0.15) is 0 Å². The van der Waals surface area contributed by atoms with Crippen LogP contribution in [0.25, 0.3) is 0 Å². The molecule has 1 aromatic carbocycles. The van der Waals surface area contributed by atoms with Gasteiger partial charge in [0.2, 0.25) is 0 Å². The van der Waals surface area contributed by atoms with Crippen molar-refractivity contribution in [3.63, 3.8) is 0 Å². The van der Waals surface area contributed by atoms with Gasteiger partial charge in [0.1, 0.15) is 5.75 Å². The molecule has 94 valence electrons. The normalized spacial score (nSPS) is 18.9. The van der Waals surface area contributed by atoms with E-state index in [0.717, 1.165) is 17.9 Å². The highest BCUT2D eigenvalue weighted by Crippen LogP contribution is 2.28. The summed E-state index contributed by atoms with van der Waals surface area (Å²) in [7, 11) is 0. The van der Waals surface area contributed by atoms with Gasteiger partial charge in [-0.05, 0) is 31.7 Å². The van der Waals surface area contributed by atoms with Crippen LogP contribution in [-0.4, -0.2) is 11.7 Å². The molecule has 0 saturated heterocycles. The molecule has 0 aliphatic heterocycles. The Hall–Kier alpha value is -1.02. The summed E-state index contributed by atoms with van der Waals surface area (Å²) in [6.45, 7) is 2.58. The van der Waals surface area contributed by atoms with Crippen molar-refractivity contribution in [2.45, 2.75) is 45.1 Å². The zero-order chi connectivity index (χ0) is 12.1. The summed E-state index contributed by atoms with van der Waals surface area (Å²) < 4.78 is 5.88. The lowest BCUT2D eigenvalue weighted by Gasteiger charge is -2.22. The Balaban J connectivity index is 1.93. The summed E-state index contributed by atoms with van der Waals surface area (Å²) in [4.78, 5) is 0. The van der Waals surface area contributed by atoms with Crippen LogP contribution in [0, 0.1) is 5.92 Å². The number of para-hydroxylation sites is 1. The van der Waals surface area contributed by atoms with Crippen LogP contribution in [0.1, 0.15) is 50.7 Å². The summed E-state index contributed by atoms with van der Waals surface area (Å²) >= 11 is 0. The molecule has 1 N–H and O–H groups in total. The molecule has 1 saturated carbocycles. The van der Waals surface area contributed by atoms with E-state index in [2.05, 4.69) is 0 Å². The highest BCUT2D eigenvalue weighted by atomic mass is 16.5. The molecule has 1 aromatic rings. The van der Waals surface area contributed by atoms with Crippen LogP contribution in [0.3, 0.4) is 0 Å². The minimum atomic E-state index is -0.461. The molecular weight excluding hydrogens is 212 g/mol. The number of rotatable bonds is 4. The second-order valence-electron chi connectivity index (χ2n) is 5.03. The molecule has 2 nitrogen and oxygen atoms in total. The van der Waals surface area contributed by atoms with E-state index < -0.39 is 6.10 Å². The maximum atomic E-state index is 9.66. The summed E-state index contributed by atoms with van der Waals surface area (Å²) in [6.07, 6.45) is 6.17. The molecule has 1 unspecified atom stereocenters. The largest absolute Gasteiger partial charge is 0.493 e. The Morgan fingerprint density at radius 1 is 1.24 bits per heavy atom. The average molecular weight is 234 g/mol. The molecule has 0 bridgehead atoms. The van der Waals surface area contributed by atoms with Crippen molar-refractivity contribution in [2.75, 3.05) is 6.61 Å². The molecule has 1 aliphatic carbocycles. The van der Waals surface area contributed by atoms with E-state index in [-0.39, 0.29) is 0 Å². The van der Waals surface area contributed by atoms with Gasteiger partial charge in [-0.1, -0.05) is 37.5 Å². The third-order valence-electron chi connectivity index (χ3n) is 3.57. The second kappa shape index (κ2) is 6.06. The summed E-state index contributed by atoms with van der Waals surface area (Å²) in [5.74, 6) is 1.54. The Morgan fingerprint density at radius 2 is 1.94 bits per heavy atom. The van der Waals surface area contributed by atoms with Crippen molar-refractivity contribution in [3.05, 3.63) is 29.8 Å². The third-order valence-corrected chi connectivity index (χ3v) is 3.57. The van der Waals surface area contributed by atoms with Crippen molar-refractivity contribution in [3.8, 4) is 5.75 Å². The SMILES string of the molecule is CC(O)c1ccccc1OCC1CCCCC1. The number of aliphatic hydroxyl groups excluding tert-OH is 1. The highest BCUT2D eigenvalue weighted by Gasteiger charge is 2.15. The molecule has 1 atom stereocenters. The standard InChI is InChI=1S/C15H22O2/c1-12(16)14-9-5-6-10-15(14)17-11-13-7-3-2-4-8-13/h5-6,9-10,12-13,16H,2-4,7-8,11H2,1H3. The van der Waals surface area contributed by atoms with Crippen LogP contribution in [0.5, 0.6) is 5.75 Å². The Kier molecular flexibility index (Phi) is 4.43. The van der Waals surface area contributed by atoms with Gasteiger partial charge in [0.15, 0.2) is 0 Å². The zero-order valence-corrected chi connectivity index (χ0v) is 10.6. The van der Waals surface area contributed by atoms with Gasteiger partial charge in [-0.25, -0.2) is 0 Å². The first kappa shape index (κ1) is 12.4. The van der Waals surface area contributed by atoms with E-state index in [4.69, 9.17) is 4.74 Å². The number of aliphatic hydroxyl groups is 1. The van der Waals surface area contributed by atoms with Crippen molar-refractivity contribution in [2.24, 2.45) is 5.92 Å². The van der Waals surface area contributed by atoms with Gasteiger partial charge in [0, 0.05) is 5.56 Å². The molecule has 1 aliphatic rings. The van der Waals surface area contributed by atoms with Gasteiger partial charge in [-0.3, -0.25) is 0 Å². The molecule has 2 heteroatoms. The van der Waals surface area contributed by atoms with Crippen LogP contribution >= 0.6 is 0 Å². The van der Waals surface area contributed by atoms with Gasteiger partial charge >= 0.3 is 0 Å². The molecule has 0 aromatic heterocycles. The fourth-order valence-electron chi connectivity index (χ4n) is 2.52. The van der Waals surface area contributed by atoms with E-state index in [1.807, 2.05) is 24.3 Å². The van der Waals surface area contributed by atoms with E-state index >= 15 is 0 Å².